The largest absolute Gasteiger partial charge is 0.380 e. The van der Waals surface area contributed by atoms with E-state index in [9.17, 15) is 0 Å². The third kappa shape index (κ3) is 33.4. The van der Waals surface area contributed by atoms with Crippen molar-refractivity contribution in [3.05, 3.63) is 24.3 Å². The van der Waals surface area contributed by atoms with Crippen molar-refractivity contribution in [2.45, 2.75) is 142 Å². The van der Waals surface area contributed by atoms with Crippen LogP contribution < -0.4 is 5.32 Å². The summed E-state index contributed by atoms with van der Waals surface area (Å²) in [6.07, 6.45) is 35.8. The minimum absolute atomic E-state index is 0.818. The second-order valence-electron chi connectivity index (χ2n) is 10.0. The van der Waals surface area contributed by atoms with Gasteiger partial charge in [-0.1, -0.05) is 115 Å². The lowest BCUT2D eigenvalue weighted by molar-refractivity contribution is 0.117. The Hall–Kier alpha value is -0.640. The Morgan fingerprint density at radius 1 is 0.400 bits per heavy atom. The van der Waals surface area contributed by atoms with Gasteiger partial charge < -0.3 is 14.8 Å². The van der Waals surface area contributed by atoms with Crippen molar-refractivity contribution in [1.29, 1.82) is 0 Å². The highest BCUT2D eigenvalue weighted by atomic mass is 16.5. The first-order valence-corrected chi connectivity index (χ1v) is 15.6. The molecule has 0 aromatic rings. The highest BCUT2D eigenvalue weighted by Gasteiger charge is 1.95. The number of hydrogen-bond donors (Lipinski definition) is 1. The average Bonchev–Trinajstić information content (AvgIpc) is 2.87. The van der Waals surface area contributed by atoms with Crippen LogP contribution in [0.1, 0.15) is 142 Å². The first-order chi connectivity index (χ1) is 17.4. The maximum atomic E-state index is 5.74. The van der Waals surface area contributed by atoms with E-state index in [1.807, 2.05) is 0 Å². The molecular weight excluding hydrogens is 430 g/mol. The molecule has 0 aliphatic heterocycles. The van der Waals surface area contributed by atoms with E-state index in [-0.39, 0.29) is 0 Å². The lowest BCUT2D eigenvalue weighted by Gasteiger charge is -2.07. The normalized spacial score (nSPS) is 11.9. The first kappa shape index (κ1) is 34.4. The summed E-state index contributed by atoms with van der Waals surface area (Å²) in [5, 5.41) is 3.42. The van der Waals surface area contributed by atoms with Crippen molar-refractivity contribution in [1.82, 2.24) is 5.32 Å². The van der Waals surface area contributed by atoms with Gasteiger partial charge in [0.15, 0.2) is 0 Å². The van der Waals surface area contributed by atoms with Gasteiger partial charge in [-0.15, -0.1) is 0 Å². The molecule has 0 saturated heterocycles. The molecule has 0 unspecified atom stereocenters. The Morgan fingerprint density at radius 2 is 0.743 bits per heavy atom. The van der Waals surface area contributed by atoms with E-state index in [0.717, 1.165) is 39.5 Å². The molecule has 0 fully saturated rings. The van der Waals surface area contributed by atoms with Crippen LogP contribution in [0.2, 0.25) is 0 Å². The SMILES string of the molecule is CCCC/C=C\CCCCCCCCOCCNCCOCCCCCCCC/C=C\CCCC. The standard InChI is InChI=1S/C32H63NO2/c1-3-5-7-9-11-13-15-17-19-21-23-25-29-34-31-27-33-28-32-35-30-26-24-22-20-18-16-14-12-10-8-6-4-2/h9-12,33H,3-8,13-32H2,1-2H3/b11-9-,12-10-. The van der Waals surface area contributed by atoms with E-state index in [1.54, 1.807) is 0 Å². The molecule has 0 aliphatic rings. The molecule has 0 radical (unpaired) electrons. The van der Waals surface area contributed by atoms with E-state index < -0.39 is 0 Å². The molecule has 0 aromatic carbocycles. The fourth-order valence-corrected chi connectivity index (χ4v) is 4.08. The summed E-state index contributed by atoms with van der Waals surface area (Å²) in [7, 11) is 0. The molecule has 0 aromatic heterocycles. The minimum atomic E-state index is 0.818. The summed E-state index contributed by atoms with van der Waals surface area (Å²) in [6, 6.07) is 0. The Labute approximate surface area is 220 Å². The molecule has 0 rings (SSSR count). The number of unbranched alkanes of at least 4 members (excludes halogenated alkanes) is 16. The van der Waals surface area contributed by atoms with Crippen LogP contribution >= 0.6 is 0 Å². The molecule has 0 spiro atoms. The van der Waals surface area contributed by atoms with E-state index in [2.05, 4.69) is 43.5 Å². The maximum Gasteiger partial charge on any atom is 0.0590 e. The topological polar surface area (TPSA) is 30.5 Å². The molecule has 0 bridgehead atoms. The van der Waals surface area contributed by atoms with Crippen molar-refractivity contribution in [2.75, 3.05) is 39.5 Å². The average molecular weight is 494 g/mol. The lowest BCUT2D eigenvalue weighted by Crippen LogP contribution is -2.24. The lowest BCUT2D eigenvalue weighted by atomic mass is 10.1. The van der Waals surface area contributed by atoms with Gasteiger partial charge in [0, 0.05) is 26.3 Å². The third-order valence-corrected chi connectivity index (χ3v) is 6.45. The predicted molar refractivity (Wildman–Crippen MR) is 156 cm³/mol. The van der Waals surface area contributed by atoms with E-state index in [4.69, 9.17) is 9.47 Å². The highest BCUT2D eigenvalue weighted by molar-refractivity contribution is 4.81. The minimum Gasteiger partial charge on any atom is -0.380 e. The molecule has 35 heavy (non-hydrogen) atoms. The Kier molecular flexibility index (Phi) is 32.7. The summed E-state index contributed by atoms with van der Waals surface area (Å²) in [6.45, 7) is 9.84. The van der Waals surface area contributed by atoms with Crippen molar-refractivity contribution >= 4 is 0 Å². The number of nitrogens with one attached hydrogen (secondary N) is 1. The van der Waals surface area contributed by atoms with Gasteiger partial charge in [-0.05, 0) is 51.4 Å². The van der Waals surface area contributed by atoms with Crippen molar-refractivity contribution in [3.63, 3.8) is 0 Å². The van der Waals surface area contributed by atoms with E-state index in [0.29, 0.717) is 0 Å². The summed E-state index contributed by atoms with van der Waals surface area (Å²) < 4.78 is 11.5. The van der Waals surface area contributed by atoms with Gasteiger partial charge in [-0.2, -0.15) is 0 Å². The van der Waals surface area contributed by atoms with Crippen molar-refractivity contribution in [2.24, 2.45) is 0 Å². The van der Waals surface area contributed by atoms with Gasteiger partial charge in [-0.3, -0.25) is 0 Å². The Bertz CT molecular complexity index is 384. The van der Waals surface area contributed by atoms with Crippen LogP contribution in [0.4, 0.5) is 0 Å². The number of ether oxygens (including phenoxy) is 2. The second kappa shape index (κ2) is 33.4. The molecule has 0 atom stereocenters. The first-order valence-electron chi connectivity index (χ1n) is 15.6. The van der Waals surface area contributed by atoms with Gasteiger partial charge in [0.25, 0.3) is 0 Å². The quantitative estimate of drug-likeness (QED) is 0.0798. The fourth-order valence-electron chi connectivity index (χ4n) is 4.08. The molecular formula is C32H63NO2. The van der Waals surface area contributed by atoms with Crippen LogP contribution in [0, 0.1) is 0 Å². The molecule has 3 heteroatoms. The molecule has 0 saturated carbocycles. The summed E-state index contributed by atoms with van der Waals surface area (Å²) >= 11 is 0. The Balaban J connectivity index is 3.05. The monoisotopic (exact) mass is 493 g/mol. The zero-order valence-corrected chi connectivity index (χ0v) is 24.0. The van der Waals surface area contributed by atoms with E-state index >= 15 is 0 Å². The van der Waals surface area contributed by atoms with E-state index in [1.165, 1.54) is 128 Å². The summed E-state index contributed by atoms with van der Waals surface area (Å²) in [4.78, 5) is 0. The predicted octanol–water partition coefficient (Wildman–Crippen LogP) is 9.56. The molecule has 208 valence electrons. The second-order valence-corrected chi connectivity index (χ2v) is 10.0. The van der Waals surface area contributed by atoms with Gasteiger partial charge >= 0.3 is 0 Å². The molecule has 3 nitrogen and oxygen atoms in total. The Morgan fingerprint density at radius 3 is 1.14 bits per heavy atom. The van der Waals surface area contributed by atoms with Gasteiger partial charge in [-0.25, -0.2) is 0 Å². The fraction of sp³-hybridized carbons (Fsp3) is 0.875. The molecule has 1 N–H and O–H groups in total. The van der Waals surface area contributed by atoms with Crippen LogP contribution in [0.15, 0.2) is 24.3 Å². The smallest absolute Gasteiger partial charge is 0.0590 e. The van der Waals surface area contributed by atoms with Crippen LogP contribution in [-0.2, 0) is 9.47 Å². The van der Waals surface area contributed by atoms with Crippen molar-refractivity contribution in [3.8, 4) is 0 Å². The zero-order valence-electron chi connectivity index (χ0n) is 24.0. The molecule has 0 aliphatic carbocycles. The van der Waals surface area contributed by atoms with Crippen LogP contribution in [0.25, 0.3) is 0 Å². The van der Waals surface area contributed by atoms with Gasteiger partial charge in [0.05, 0.1) is 13.2 Å². The third-order valence-electron chi connectivity index (χ3n) is 6.45. The van der Waals surface area contributed by atoms with Crippen molar-refractivity contribution < 1.29 is 9.47 Å². The van der Waals surface area contributed by atoms with Gasteiger partial charge in [0.2, 0.25) is 0 Å². The molecule has 0 amide bonds. The number of allylic oxidation sites excluding steroid dienone is 4. The maximum absolute atomic E-state index is 5.74. The molecule has 0 heterocycles. The van der Waals surface area contributed by atoms with Gasteiger partial charge in [0.1, 0.15) is 0 Å². The highest BCUT2D eigenvalue weighted by Crippen LogP contribution is 2.09. The van der Waals surface area contributed by atoms with Crippen LogP contribution in [0.3, 0.4) is 0 Å². The summed E-state index contributed by atoms with van der Waals surface area (Å²) in [5.74, 6) is 0. The summed E-state index contributed by atoms with van der Waals surface area (Å²) in [5.41, 5.74) is 0. The van der Waals surface area contributed by atoms with Crippen LogP contribution in [0.5, 0.6) is 0 Å². The van der Waals surface area contributed by atoms with Crippen LogP contribution in [-0.4, -0.2) is 39.5 Å². The number of rotatable bonds is 30. The zero-order chi connectivity index (χ0) is 25.3. The number of hydrogen-bond acceptors (Lipinski definition) is 3.